The van der Waals surface area contributed by atoms with Gasteiger partial charge < -0.3 is 15.1 Å². The van der Waals surface area contributed by atoms with Crippen LogP contribution >= 0.6 is 11.5 Å². The zero-order valence-electron chi connectivity index (χ0n) is 18.6. The van der Waals surface area contributed by atoms with Gasteiger partial charge in [-0.05, 0) is 26.2 Å². The lowest BCUT2D eigenvalue weighted by atomic mass is 10.2. The highest BCUT2D eigenvalue weighted by molar-refractivity contribution is 7.09. The number of hydrogen-bond donors (Lipinski definition) is 1. The van der Waals surface area contributed by atoms with Gasteiger partial charge >= 0.3 is 5.69 Å². The van der Waals surface area contributed by atoms with E-state index >= 15 is 0 Å². The highest BCUT2D eigenvalue weighted by atomic mass is 32.1. The fourth-order valence-electron chi connectivity index (χ4n) is 4.05. The van der Waals surface area contributed by atoms with Crippen LogP contribution in [0.15, 0.2) is 9.79 Å². The average molecular weight is 448 g/mol. The molecule has 1 N–H and O–H groups in total. The Kier molecular flexibility index (Phi) is 7.21. The summed E-state index contributed by atoms with van der Waals surface area (Å²) in [6.45, 7) is 10.7. The third kappa shape index (κ3) is 5.08. The molecule has 1 fully saturated rings. The summed E-state index contributed by atoms with van der Waals surface area (Å²) in [6.07, 6.45) is 4.78. The summed E-state index contributed by atoms with van der Waals surface area (Å²) in [6, 6.07) is 0. The number of guanidine groups is 1. The van der Waals surface area contributed by atoms with Gasteiger partial charge in [-0.2, -0.15) is 9.47 Å². The second-order valence-corrected chi connectivity index (χ2v) is 8.67. The van der Waals surface area contributed by atoms with Gasteiger partial charge in [0.1, 0.15) is 11.6 Å². The van der Waals surface area contributed by atoms with E-state index in [0.29, 0.717) is 13.1 Å². The smallest absolute Gasteiger partial charge is 0.345 e. The third-order valence-corrected chi connectivity index (χ3v) is 6.59. The van der Waals surface area contributed by atoms with Crippen molar-refractivity contribution in [2.24, 2.45) is 4.99 Å². The fourth-order valence-corrected chi connectivity index (χ4v) is 4.85. The second kappa shape index (κ2) is 10.3. The van der Waals surface area contributed by atoms with Crippen molar-refractivity contribution in [2.75, 3.05) is 44.2 Å². The van der Waals surface area contributed by atoms with E-state index in [1.165, 1.54) is 11.5 Å². The van der Waals surface area contributed by atoms with Crippen LogP contribution in [-0.2, 0) is 25.9 Å². The molecule has 0 radical (unpaired) electrons. The normalized spacial score (nSPS) is 17.2. The van der Waals surface area contributed by atoms with Gasteiger partial charge in [0.15, 0.2) is 5.96 Å². The lowest BCUT2D eigenvalue weighted by Gasteiger charge is -2.36. The Morgan fingerprint density at radius 1 is 1.16 bits per heavy atom. The maximum atomic E-state index is 12.5. The Balaban J connectivity index is 1.29. The van der Waals surface area contributed by atoms with E-state index < -0.39 is 0 Å². The van der Waals surface area contributed by atoms with Gasteiger partial charge in [0, 0.05) is 76.7 Å². The Bertz CT molecular complexity index is 939. The molecule has 11 heteroatoms. The zero-order chi connectivity index (χ0) is 21.6. The van der Waals surface area contributed by atoms with Crippen molar-refractivity contribution in [3.8, 4) is 0 Å². The first-order valence-corrected chi connectivity index (χ1v) is 12.2. The first-order valence-electron chi connectivity index (χ1n) is 11.5. The summed E-state index contributed by atoms with van der Waals surface area (Å²) in [5, 5.41) is 8.95. The summed E-state index contributed by atoms with van der Waals surface area (Å²) >= 11 is 1.49. The fraction of sp³-hybridized carbons (Fsp3) is 0.750. The van der Waals surface area contributed by atoms with Gasteiger partial charge in [-0.3, -0.25) is 9.56 Å². The lowest BCUT2D eigenvalue weighted by molar-refractivity contribution is 0.372. The highest BCUT2D eigenvalue weighted by Crippen LogP contribution is 2.19. The van der Waals surface area contributed by atoms with Gasteiger partial charge in [0.2, 0.25) is 5.13 Å². The summed E-state index contributed by atoms with van der Waals surface area (Å²) in [4.78, 5) is 26.5. The molecule has 0 atom stereocenters. The number of nitrogens with zero attached hydrogens (tertiary/aromatic N) is 8. The molecule has 0 unspecified atom stereocenters. The van der Waals surface area contributed by atoms with Crippen molar-refractivity contribution in [3.05, 3.63) is 22.1 Å². The molecule has 0 saturated carbocycles. The highest BCUT2D eigenvalue weighted by Gasteiger charge is 2.22. The number of anilines is 1. The number of nitrogens with one attached hydrogen (secondary N) is 1. The minimum absolute atomic E-state index is 0.0321. The standard InChI is InChI=1S/C20H33N9OS/c1-3-16-23-19(31-25-16)27-14-12-26(13-15-27)18(21-4-2)22-9-7-11-29-20(30)28-10-6-5-8-17(28)24-29/h3-15H2,1-2H3,(H,21,22). The van der Waals surface area contributed by atoms with Crippen LogP contribution in [0.4, 0.5) is 5.13 Å². The van der Waals surface area contributed by atoms with Crippen molar-refractivity contribution in [2.45, 2.75) is 59.0 Å². The molecule has 0 aromatic carbocycles. The molecule has 0 aliphatic carbocycles. The molecular formula is C20H33N9OS. The Morgan fingerprint density at radius 2 is 2.00 bits per heavy atom. The minimum atomic E-state index is 0.0321. The van der Waals surface area contributed by atoms with Crippen molar-refractivity contribution < 1.29 is 0 Å². The molecule has 0 spiro atoms. The Hall–Kier alpha value is -2.43. The molecule has 2 aliphatic rings. The van der Waals surface area contributed by atoms with E-state index in [2.05, 4.69) is 43.4 Å². The molecule has 1 saturated heterocycles. The zero-order valence-corrected chi connectivity index (χ0v) is 19.4. The predicted molar refractivity (Wildman–Crippen MR) is 123 cm³/mol. The van der Waals surface area contributed by atoms with Crippen molar-refractivity contribution in [1.29, 1.82) is 0 Å². The molecule has 31 heavy (non-hydrogen) atoms. The van der Waals surface area contributed by atoms with Crippen LogP contribution in [0.25, 0.3) is 0 Å². The average Bonchev–Trinajstić information content (AvgIpc) is 3.41. The van der Waals surface area contributed by atoms with Crippen LogP contribution in [0.1, 0.15) is 44.8 Å². The van der Waals surface area contributed by atoms with Crippen LogP contribution in [-0.4, -0.2) is 73.8 Å². The Labute approximate surface area is 187 Å². The van der Waals surface area contributed by atoms with Crippen LogP contribution in [0.2, 0.25) is 0 Å². The predicted octanol–water partition coefficient (Wildman–Crippen LogP) is 0.973. The topological polar surface area (TPSA) is 96.5 Å². The number of aliphatic imine (C=N–C) groups is 1. The summed E-state index contributed by atoms with van der Waals surface area (Å²) in [5.41, 5.74) is 0.0321. The maximum Gasteiger partial charge on any atom is 0.345 e. The van der Waals surface area contributed by atoms with E-state index in [1.807, 2.05) is 4.57 Å². The van der Waals surface area contributed by atoms with Gasteiger partial charge in [-0.15, -0.1) is 0 Å². The van der Waals surface area contributed by atoms with Crippen LogP contribution < -0.4 is 15.9 Å². The summed E-state index contributed by atoms with van der Waals surface area (Å²) < 4.78 is 7.85. The number of fused-ring (bicyclic) bond motifs is 1. The SMILES string of the molecule is CCNC(=NCCCn1nc2n(c1=O)CCCC2)N1CCN(c2nc(CC)ns2)CC1. The quantitative estimate of drug-likeness (QED) is 0.384. The van der Waals surface area contributed by atoms with E-state index in [-0.39, 0.29) is 5.69 Å². The molecule has 4 rings (SSSR count). The van der Waals surface area contributed by atoms with Gasteiger partial charge in [0.25, 0.3) is 0 Å². The number of rotatable bonds is 7. The lowest BCUT2D eigenvalue weighted by Crippen LogP contribution is -2.52. The first-order chi connectivity index (χ1) is 15.2. The number of aryl methyl sites for hydroxylation is 3. The van der Waals surface area contributed by atoms with Crippen LogP contribution in [0, 0.1) is 0 Å². The molecule has 170 valence electrons. The van der Waals surface area contributed by atoms with Gasteiger partial charge in [0.05, 0.1) is 0 Å². The first kappa shape index (κ1) is 21.8. The number of hydrogen-bond acceptors (Lipinski definition) is 7. The minimum Gasteiger partial charge on any atom is -0.357 e. The molecule has 10 nitrogen and oxygen atoms in total. The molecule has 2 aromatic heterocycles. The van der Waals surface area contributed by atoms with Crippen molar-refractivity contribution >= 4 is 22.6 Å². The monoisotopic (exact) mass is 447 g/mol. The van der Waals surface area contributed by atoms with Crippen LogP contribution in [0.3, 0.4) is 0 Å². The maximum absolute atomic E-state index is 12.5. The number of aromatic nitrogens is 5. The summed E-state index contributed by atoms with van der Waals surface area (Å²) in [5.74, 6) is 2.81. The second-order valence-electron chi connectivity index (χ2n) is 7.94. The summed E-state index contributed by atoms with van der Waals surface area (Å²) in [7, 11) is 0. The van der Waals surface area contributed by atoms with Crippen molar-refractivity contribution in [3.63, 3.8) is 0 Å². The number of piperazine rings is 1. The van der Waals surface area contributed by atoms with E-state index in [0.717, 1.165) is 94.1 Å². The molecule has 0 amide bonds. The molecule has 2 aliphatic heterocycles. The van der Waals surface area contributed by atoms with Gasteiger partial charge in [-0.1, -0.05) is 6.92 Å². The third-order valence-electron chi connectivity index (χ3n) is 5.78. The molecule has 4 heterocycles. The van der Waals surface area contributed by atoms with E-state index in [1.54, 1.807) is 4.68 Å². The Morgan fingerprint density at radius 3 is 2.71 bits per heavy atom. The molecule has 0 bridgehead atoms. The van der Waals surface area contributed by atoms with Crippen molar-refractivity contribution in [1.82, 2.24) is 33.9 Å². The molecular weight excluding hydrogens is 414 g/mol. The van der Waals surface area contributed by atoms with Crippen LogP contribution in [0.5, 0.6) is 0 Å². The largest absolute Gasteiger partial charge is 0.357 e. The van der Waals surface area contributed by atoms with E-state index in [9.17, 15) is 4.79 Å². The molecule has 2 aromatic rings. The van der Waals surface area contributed by atoms with Gasteiger partial charge in [-0.25, -0.2) is 14.5 Å². The van der Waals surface area contributed by atoms with E-state index in [4.69, 9.17) is 4.99 Å².